The maximum Gasteiger partial charge on any atom is 0.160 e. The third-order valence-electron chi connectivity index (χ3n) is 3.54. The molecule has 0 amide bonds. The topological polar surface area (TPSA) is 56.3 Å². The van der Waals surface area contributed by atoms with Gasteiger partial charge in [0.2, 0.25) is 0 Å². The van der Waals surface area contributed by atoms with Crippen molar-refractivity contribution in [1.82, 2.24) is 15.3 Å². The van der Waals surface area contributed by atoms with Gasteiger partial charge in [-0.2, -0.15) is 0 Å². The molecule has 0 bridgehead atoms. The lowest BCUT2D eigenvalue weighted by Gasteiger charge is -2.34. The van der Waals surface area contributed by atoms with Crippen LogP contribution < -0.4 is 5.32 Å². The quantitative estimate of drug-likeness (QED) is 0.792. The zero-order valence-corrected chi connectivity index (χ0v) is 11.8. The second-order valence-electron chi connectivity index (χ2n) is 4.86. The molecule has 1 aromatic heterocycles. The number of rotatable bonds is 6. The number of hydrogen-bond donors (Lipinski definition) is 1. The van der Waals surface area contributed by atoms with Gasteiger partial charge >= 0.3 is 0 Å². The molecule has 0 unspecified atom stereocenters. The van der Waals surface area contributed by atoms with E-state index in [0.29, 0.717) is 13.2 Å². The highest BCUT2D eigenvalue weighted by atomic mass is 16.5. The molecule has 5 nitrogen and oxygen atoms in total. The molecule has 1 fully saturated rings. The van der Waals surface area contributed by atoms with Crippen LogP contribution in [0.4, 0.5) is 0 Å². The molecule has 0 radical (unpaired) electrons. The van der Waals surface area contributed by atoms with Gasteiger partial charge in [0.05, 0.1) is 5.69 Å². The molecule has 0 aliphatic carbocycles. The van der Waals surface area contributed by atoms with Crippen LogP contribution in [-0.2, 0) is 21.6 Å². The second-order valence-corrected chi connectivity index (χ2v) is 4.86. The highest BCUT2D eigenvalue weighted by Crippen LogP contribution is 2.33. The van der Waals surface area contributed by atoms with Gasteiger partial charge in [-0.15, -0.1) is 0 Å². The van der Waals surface area contributed by atoms with E-state index in [2.05, 4.69) is 22.2 Å². The Kier molecular flexibility index (Phi) is 5.24. The standard InChI is InChI=1S/C14H23N3O2/c1-3-7-15-11-12-4-8-16-13(17-12)14(18-2)5-9-19-10-6-14/h4,8,15H,3,5-7,9-11H2,1-2H3. The van der Waals surface area contributed by atoms with Crippen LogP contribution in [0.15, 0.2) is 12.3 Å². The fourth-order valence-corrected chi connectivity index (χ4v) is 2.33. The van der Waals surface area contributed by atoms with Gasteiger partial charge in [0.25, 0.3) is 0 Å². The summed E-state index contributed by atoms with van der Waals surface area (Å²) in [6.45, 7) is 5.34. The summed E-state index contributed by atoms with van der Waals surface area (Å²) in [5.74, 6) is 0.786. The first-order valence-electron chi connectivity index (χ1n) is 6.97. The molecule has 1 aliphatic rings. The summed E-state index contributed by atoms with van der Waals surface area (Å²) in [5, 5.41) is 3.36. The van der Waals surface area contributed by atoms with Gasteiger partial charge in [-0.05, 0) is 19.0 Å². The van der Waals surface area contributed by atoms with Crippen LogP contribution in [-0.4, -0.2) is 36.8 Å². The lowest BCUT2D eigenvalue weighted by molar-refractivity contribution is -0.100. The van der Waals surface area contributed by atoms with E-state index < -0.39 is 0 Å². The predicted molar refractivity (Wildman–Crippen MR) is 72.8 cm³/mol. The molecule has 0 spiro atoms. The molecular formula is C14H23N3O2. The van der Waals surface area contributed by atoms with Crippen LogP contribution in [0.3, 0.4) is 0 Å². The summed E-state index contributed by atoms with van der Waals surface area (Å²) in [6.07, 6.45) is 4.57. The Hall–Kier alpha value is -1.04. The Labute approximate surface area is 114 Å². The summed E-state index contributed by atoms with van der Waals surface area (Å²) in [6, 6.07) is 1.95. The summed E-state index contributed by atoms with van der Waals surface area (Å²) in [5.41, 5.74) is 0.639. The number of nitrogens with zero attached hydrogens (tertiary/aromatic N) is 2. The molecule has 2 heterocycles. The molecule has 5 heteroatoms. The number of aromatic nitrogens is 2. The van der Waals surface area contributed by atoms with Crippen molar-refractivity contribution in [3.8, 4) is 0 Å². The van der Waals surface area contributed by atoms with Gasteiger partial charge in [-0.1, -0.05) is 6.92 Å². The van der Waals surface area contributed by atoms with Crippen molar-refractivity contribution in [2.24, 2.45) is 0 Å². The van der Waals surface area contributed by atoms with E-state index in [-0.39, 0.29) is 5.60 Å². The van der Waals surface area contributed by atoms with Gasteiger partial charge in [0, 0.05) is 45.9 Å². The van der Waals surface area contributed by atoms with Crippen molar-refractivity contribution < 1.29 is 9.47 Å². The highest BCUT2D eigenvalue weighted by Gasteiger charge is 2.37. The molecule has 2 rings (SSSR count). The normalized spacial score (nSPS) is 18.4. The van der Waals surface area contributed by atoms with E-state index in [1.807, 2.05) is 12.3 Å². The van der Waals surface area contributed by atoms with Crippen molar-refractivity contribution >= 4 is 0 Å². The predicted octanol–water partition coefficient (Wildman–Crippen LogP) is 1.63. The number of hydrogen-bond acceptors (Lipinski definition) is 5. The maximum absolute atomic E-state index is 5.72. The third kappa shape index (κ3) is 3.49. The summed E-state index contributed by atoms with van der Waals surface area (Å²) >= 11 is 0. The van der Waals surface area contributed by atoms with Crippen molar-refractivity contribution in [2.45, 2.75) is 38.3 Å². The first-order chi connectivity index (χ1) is 9.30. The van der Waals surface area contributed by atoms with E-state index in [1.54, 1.807) is 7.11 Å². The largest absolute Gasteiger partial charge is 0.381 e. The van der Waals surface area contributed by atoms with E-state index in [1.165, 1.54) is 0 Å². The van der Waals surface area contributed by atoms with Crippen molar-refractivity contribution in [3.05, 3.63) is 23.8 Å². The smallest absolute Gasteiger partial charge is 0.160 e. The van der Waals surface area contributed by atoms with Crippen LogP contribution in [0.2, 0.25) is 0 Å². The van der Waals surface area contributed by atoms with Crippen molar-refractivity contribution in [3.63, 3.8) is 0 Å². The van der Waals surface area contributed by atoms with Crippen LogP contribution in [0.1, 0.15) is 37.7 Å². The summed E-state index contributed by atoms with van der Waals surface area (Å²) in [4.78, 5) is 9.07. The molecular weight excluding hydrogens is 242 g/mol. The average Bonchev–Trinajstić information content (AvgIpc) is 2.48. The molecule has 1 aliphatic heterocycles. The first-order valence-corrected chi connectivity index (χ1v) is 6.97. The van der Waals surface area contributed by atoms with Crippen LogP contribution in [0.25, 0.3) is 0 Å². The Morgan fingerprint density at radius 1 is 1.42 bits per heavy atom. The van der Waals surface area contributed by atoms with E-state index in [0.717, 1.165) is 43.9 Å². The van der Waals surface area contributed by atoms with E-state index in [4.69, 9.17) is 9.47 Å². The minimum absolute atomic E-state index is 0.376. The zero-order chi connectivity index (χ0) is 13.6. The second kappa shape index (κ2) is 6.93. The van der Waals surface area contributed by atoms with Crippen molar-refractivity contribution in [1.29, 1.82) is 0 Å². The Bertz CT molecular complexity index is 392. The molecule has 1 N–H and O–H groups in total. The number of nitrogens with one attached hydrogen (secondary N) is 1. The monoisotopic (exact) mass is 265 g/mol. The molecule has 106 valence electrons. The Balaban J connectivity index is 2.11. The zero-order valence-electron chi connectivity index (χ0n) is 11.8. The third-order valence-corrected chi connectivity index (χ3v) is 3.54. The van der Waals surface area contributed by atoms with Gasteiger partial charge in [-0.3, -0.25) is 0 Å². The molecule has 1 saturated heterocycles. The Morgan fingerprint density at radius 2 is 2.21 bits per heavy atom. The minimum Gasteiger partial charge on any atom is -0.381 e. The first kappa shape index (κ1) is 14.4. The molecule has 1 aromatic rings. The minimum atomic E-state index is -0.376. The molecule has 0 atom stereocenters. The van der Waals surface area contributed by atoms with E-state index in [9.17, 15) is 0 Å². The van der Waals surface area contributed by atoms with Gasteiger partial charge in [-0.25, -0.2) is 9.97 Å². The van der Waals surface area contributed by atoms with Crippen LogP contribution >= 0.6 is 0 Å². The van der Waals surface area contributed by atoms with Gasteiger partial charge < -0.3 is 14.8 Å². The van der Waals surface area contributed by atoms with Crippen molar-refractivity contribution in [2.75, 3.05) is 26.9 Å². The fourth-order valence-electron chi connectivity index (χ4n) is 2.33. The lowest BCUT2D eigenvalue weighted by Crippen LogP contribution is -2.37. The maximum atomic E-state index is 5.72. The Morgan fingerprint density at radius 3 is 2.89 bits per heavy atom. The average molecular weight is 265 g/mol. The van der Waals surface area contributed by atoms with Crippen LogP contribution in [0.5, 0.6) is 0 Å². The molecule has 19 heavy (non-hydrogen) atoms. The summed E-state index contributed by atoms with van der Waals surface area (Å²) < 4.78 is 11.1. The highest BCUT2D eigenvalue weighted by molar-refractivity contribution is 5.09. The van der Waals surface area contributed by atoms with Crippen LogP contribution in [0, 0.1) is 0 Å². The molecule has 0 aromatic carbocycles. The lowest BCUT2D eigenvalue weighted by atomic mass is 9.93. The van der Waals surface area contributed by atoms with Gasteiger partial charge in [0.1, 0.15) is 5.60 Å². The fraction of sp³-hybridized carbons (Fsp3) is 0.714. The number of methoxy groups -OCH3 is 1. The van der Waals surface area contributed by atoms with E-state index >= 15 is 0 Å². The SMILES string of the molecule is CCCNCc1ccnc(C2(OC)CCOCC2)n1. The van der Waals surface area contributed by atoms with Gasteiger partial charge in [0.15, 0.2) is 5.82 Å². The molecule has 0 saturated carbocycles. The summed E-state index contributed by atoms with van der Waals surface area (Å²) in [7, 11) is 1.73. The number of ether oxygens (including phenoxy) is 2.